The zero-order valence-corrected chi connectivity index (χ0v) is 14.0. The normalized spacial score (nSPS) is 23.2. The number of hydrogen-bond donors (Lipinski definition) is 1. The van der Waals surface area contributed by atoms with Crippen LogP contribution in [-0.2, 0) is 9.59 Å². The first-order valence-corrected chi connectivity index (χ1v) is 8.16. The number of rotatable bonds is 4. The molecule has 0 spiro atoms. The number of nitrogens with one attached hydrogen (secondary N) is 1. The number of carbonyl (C=O) groups is 3. The van der Waals surface area contributed by atoms with Crippen molar-refractivity contribution in [3.63, 3.8) is 0 Å². The Bertz CT molecular complexity index is 855. The lowest BCUT2D eigenvalue weighted by Crippen LogP contribution is -2.47. The molecule has 2 fully saturated rings. The van der Waals surface area contributed by atoms with Crippen molar-refractivity contribution in [2.24, 2.45) is 5.92 Å². The lowest BCUT2D eigenvalue weighted by Gasteiger charge is -2.21. The van der Waals surface area contributed by atoms with Gasteiger partial charge in [-0.25, -0.2) is 4.79 Å². The van der Waals surface area contributed by atoms with Crippen LogP contribution in [0.1, 0.15) is 19.8 Å². The van der Waals surface area contributed by atoms with E-state index in [0.29, 0.717) is 11.1 Å². The highest BCUT2D eigenvalue weighted by molar-refractivity contribution is 6.10. The number of imide groups is 1. The van der Waals surface area contributed by atoms with Crippen molar-refractivity contribution >= 4 is 35.0 Å². The number of aromatic nitrogens is 1. The summed E-state index contributed by atoms with van der Waals surface area (Å²) in [5, 5.41) is 2.73. The molecule has 8 nitrogen and oxygen atoms in total. The summed E-state index contributed by atoms with van der Waals surface area (Å²) in [4.78, 5) is 43.7. The smallest absolute Gasteiger partial charge is 0.325 e. The van der Waals surface area contributed by atoms with E-state index in [0.717, 1.165) is 17.7 Å². The Kier molecular flexibility index (Phi) is 3.31. The summed E-state index contributed by atoms with van der Waals surface area (Å²) in [5.74, 6) is -0.645. The first-order valence-electron chi connectivity index (χ1n) is 8.16. The third-order valence-electron chi connectivity index (χ3n) is 4.93. The number of nitrogens with zero attached hydrogens (tertiary/aromatic N) is 3. The van der Waals surface area contributed by atoms with Crippen LogP contribution in [0.2, 0.25) is 0 Å². The van der Waals surface area contributed by atoms with E-state index in [-0.39, 0.29) is 24.4 Å². The van der Waals surface area contributed by atoms with Gasteiger partial charge in [0.25, 0.3) is 11.8 Å². The maximum Gasteiger partial charge on any atom is 0.325 e. The van der Waals surface area contributed by atoms with Crippen LogP contribution in [-0.4, -0.2) is 46.9 Å². The Morgan fingerprint density at radius 2 is 2.12 bits per heavy atom. The Balaban J connectivity index is 1.51. The first kappa shape index (κ1) is 15.6. The van der Waals surface area contributed by atoms with E-state index in [1.807, 2.05) is 12.1 Å². The second-order valence-electron chi connectivity index (χ2n) is 6.71. The van der Waals surface area contributed by atoms with Crippen LogP contribution in [0.3, 0.4) is 0 Å². The molecule has 130 valence electrons. The van der Waals surface area contributed by atoms with Crippen LogP contribution >= 0.6 is 0 Å². The lowest BCUT2D eigenvalue weighted by molar-refractivity contribution is -0.134. The fourth-order valence-corrected chi connectivity index (χ4v) is 3.15. The molecule has 1 saturated carbocycles. The van der Waals surface area contributed by atoms with Gasteiger partial charge >= 0.3 is 12.0 Å². The van der Waals surface area contributed by atoms with Crippen molar-refractivity contribution in [1.29, 1.82) is 0 Å². The van der Waals surface area contributed by atoms with Crippen LogP contribution in [0, 0.1) is 5.92 Å². The molecule has 0 bridgehead atoms. The van der Waals surface area contributed by atoms with Crippen molar-refractivity contribution in [1.82, 2.24) is 15.2 Å². The monoisotopic (exact) mass is 342 g/mol. The van der Waals surface area contributed by atoms with E-state index in [4.69, 9.17) is 4.42 Å². The molecule has 1 aromatic heterocycles. The number of fused-ring (bicyclic) bond motifs is 1. The van der Waals surface area contributed by atoms with Crippen molar-refractivity contribution in [3.8, 4) is 0 Å². The van der Waals surface area contributed by atoms with Gasteiger partial charge in [-0.2, -0.15) is 4.98 Å². The molecule has 0 radical (unpaired) electrons. The average molecular weight is 342 g/mol. The summed E-state index contributed by atoms with van der Waals surface area (Å²) in [7, 11) is 1.51. The molecular formula is C17H18N4O4. The van der Waals surface area contributed by atoms with Crippen LogP contribution in [0.25, 0.3) is 11.1 Å². The fourth-order valence-electron chi connectivity index (χ4n) is 3.15. The summed E-state index contributed by atoms with van der Waals surface area (Å²) < 4.78 is 5.55. The molecule has 4 rings (SSSR count). The Labute approximate surface area is 143 Å². The number of oxazole rings is 1. The van der Waals surface area contributed by atoms with Crippen molar-refractivity contribution in [2.75, 3.05) is 18.5 Å². The molecule has 4 amide bonds. The van der Waals surface area contributed by atoms with Crippen molar-refractivity contribution in [2.45, 2.75) is 25.3 Å². The molecule has 1 saturated heterocycles. The molecule has 2 aromatic rings. The number of benzene rings is 1. The van der Waals surface area contributed by atoms with Crippen LogP contribution in [0.15, 0.2) is 28.7 Å². The predicted octanol–water partition coefficient (Wildman–Crippen LogP) is 1.51. The van der Waals surface area contributed by atoms with Gasteiger partial charge in [0, 0.05) is 7.05 Å². The number of urea groups is 1. The minimum Gasteiger partial charge on any atom is -0.423 e. The molecule has 2 aliphatic rings. The third kappa shape index (κ3) is 2.45. The lowest BCUT2D eigenvalue weighted by atomic mass is 9.96. The van der Waals surface area contributed by atoms with E-state index >= 15 is 0 Å². The maximum atomic E-state index is 12.6. The number of hydrogen-bond acceptors (Lipinski definition) is 5. The Morgan fingerprint density at radius 3 is 2.80 bits per heavy atom. The zero-order chi connectivity index (χ0) is 17.8. The molecule has 8 heteroatoms. The first-order chi connectivity index (χ1) is 11.9. The fraction of sp³-hybridized carbons (Fsp3) is 0.412. The van der Waals surface area contributed by atoms with Gasteiger partial charge in [0.1, 0.15) is 17.6 Å². The van der Waals surface area contributed by atoms with E-state index in [1.54, 1.807) is 19.1 Å². The standard InChI is InChI=1S/C17H18N4O4/c1-17(10-7-8-10)14(23)21(15(24)19-17)9-13(22)20(2)16-18-11-5-3-4-6-12(11)25-16/h3-6,10H,7-9H2,1-2H3,(H,19,24). The second kappa shape index (κ2) is 5.30. The molecule has 2 heterocycles. The maximum absolute atomic E-state index is 12.6. The second-order valence-corrected chi connectivity index (χ2v) is 6.71. The van der Waals surface area contributed by atoms with Gasteiger partial charge in [0.05, 0.1) is 0 Å². The third-order valence-corrected chi connectivity index (χ3v) is 4.93. The highest BCUT2D eigenvalue weighted by Gasteiger charge is 2.56. The quantitative estimate of drug-likeness (QED) is 0.850. The number of anilines is 1. The Hall–Kier alpha value is -2.90. The molecule has 25 heavy (non-hydrogen) atoms. The summed E-state index contributed by atoms with van der Waals surface area (Å²) >= 11 is 0. The molecule has 1 aromatic carbocycles. The van der Waals surface area contributed by atoms with Crippen molar-refractivity contribution in [3.05, 3.63) is 24.3 Å². The largest absolute Gasteiger partial charge is 0.423 e. The molecule has 1 N–H and O–H groups in total. The molecule has 1 aliphatic heterocycles. The van der Waals surface area contributed by atoms with Crippen LogP contribution in [0.5, 0.6) is 0 Å². The van der Waals surface area contributed by atoms with Gasteiger partial charge < -0.3 is 9.73 Å². The van der Waals surface area contributed by atoms with Gasteiger partial charge in [0.15, 0.2) is 5.58 Å². The van der Waals surface area contributed by atoms with Crippen LogP contribution < -0.4 is 10.2 Å². The van der Waals surface area contributed by atoms with E-state index in [2.05, 4.69) is 10.3 Å². The number of para-hydroxylation sites is 2. The van der Waals surface area contributed by atoms with Gasteiger partial charge in [-0.1, -0.05) is 12.1 Å². The highest BCUT2D eigenvalue weighted by atomic mass is 16.4. The van der Waals surface area contributed by atoms with Gasteiger partial charge in [-0.15, -0.1) is 0 Å². The van der Waals surface area contributed by atoms with Crippen LogP contribution in [0.4, 0.5) is 10.8 Å². The predicted molar refractivity (Wildman–Crippen MR) is 88.8 cm³/mol. The Morgan fingerprint density at radius 1 is 1.40 bits per heavy atom. The minimum atomic E-state index is -0.895. The number of carbonyl (C=O) groups excluding carboxylic acids is 3. The van der Waals surface area contributed by atoms with Gasteiger partial charge in [-0.3, -0.25) is 19.4 Å². The molecular weight excluding hydrogens is 324 g/mol. The number of likely N-dealkylation sites (N-methyl/N-ethyl adjacent to an activating group) is 1. The zero-order valence-electron chi connectivity index (χ0n) is 14.0. The summed E-state index contributed by atoms with van der Waals surface area (Å²) in [6, 6.07) is 6.76. The summed E-state index contributed by atoms with van der Waals surface area (Å²) in [6.45, 7) is 1.38. The SMILES string of the molecule is CN(C(=O)CN1C(=O)NC(C)(C2CC2)C1=O)c1nc2ccccc2o1. The molecule has 1 unspecified atom stereocenters. The van der Waals surface area contributed by atoms with E-state index in [9.17, 15) is 14.4 Å². The molecule has 1 atom stereocenters. The molecule has 1 aliphatic carbocycles. The highest BCUT2D eigenvalue weighted by Crippen LogP contribution is 2.42. The topological polar surface area (TPSA) is 95.8 Å². The van der Waals surface area contributed by atoms with Crippen molar-refractivity contribution < 1.29 is 18.8 Å². The van der Waals surface area contributed by atoms with Gasteiger partial charge in [0.2, 0.25) is 0 Å². The summed E-state index contributed by atoms with van der Waals surface area (Å²) in [5.41, 5.74) is 0.301. The van der Waals surface area contributed by atoms with Gasteiger partial charge in [-0.05, 0) is 37.8 Å². The minimum absolute atomic E-state index is 0.128. The summed E-state index contributed by atoms with van der Waals surface area (Å²) in [6.07, 6.45) is 1.82. The van der Waals surface area contributed by atoms with E-state index < -0.39 is 17.5 Å². The number of amides is 4. The van der Waals surface area contributed by atoms with E-state index in [1.165, 1.54) is 11.9 Å². The average Bonchev–Trinajstić information content (AvgIpc) is 3.33.